The van der Waals surface area contributed by atoms with Crippen LogP contribution in [0.5, 0.6) is 11.5 Å². The van der Waals surface area contributed by atoms with Gasteiger partial charge >= 0.3 is 5.97 Å². The molecule has 7 heteroatoms. The highest BCUT2D eigenvalue weighted by molar-refractivity contribution is 9.10. The van der Waals surface area contributed by atoms with E-state index in [2.05, 4.69) is 21.2 Å². The van der Waals surface area contributed by atoms with Crippen molar-refractivity contribution < 1.29 is 24.2 Å². The van der Waals surface area contributed by atoms with Gasteiger partial charge < -0.3 is 19.9 Å². The third kappa shape index (κ3) is 3.52. The van der Waals surface area contributed by atoms with Gasteiger partial charge in [-0.05, 0) is 47.3 Å². The molecule has 2 atom stereocenters. The fraction of sp³-hybridized carbons (Fsp3) is 0.467. The van der Waals surface area contributed by atoms with Crippen LogP contribution in [0.1, 0.15) is 29.6 Å². The van der Waals surface area contributed by atoms with Gasteiger partial charge in [0.05, 0.1) is 24.6 Å². The fourth-order valence-electron chi connectivity index (χ4n) is 2.65. The Labute approximate surface area is 136 Å². The predicted octanol–water partition coefficient (Wildman–Crippen LogP) is 2.45. The lowest BCUT2D eigenvalue weighted by Gasteiger charge is -2.15. The highest BCUT2D eigenvalue weighted by Crippen LogP contribution is 2.36. The number of methoxy groups -OCH3 is 2. The SMILES string of the molecule is COc1cc(C(=O)N[C@@H]2CC[C@H](C(=O)O)C2)cc(Br)c1OC. The van der Waals surface area contributed by atoms with Gasteiger partial charge in [0.15, 0.2) is 11.5 Å². The average molecular weight is 372 g/mol. The third-order valence-corrected chi connectivity index (χ3v) is 4.40. The molecule has 2 N–H and O–H groups in total. The van der Waals surface area contributed by atoms with Gasteiger partial charge in [-0.2, -0.15) is 0 Å². The Bertz CT molecular complexity index is 590. The summed E-state index contributed by atoms with van der Waals surface area (Å²) >= 11 is 3.35. The summed E-state index contributed by atoms with van der Waals surface area (Å²) < 4.78 is 11.0. The molecule has 1 fully saturated rings. The first-order chi connectivity index (χ1) is 10.5. The molecule has 2 rings (SSSR count). The van der Waals surface area contributed by atoms with Crippen LogP contribution >= 0.6 is 15.9 Å². The van der Waals surface area contributed by atoms with E-state index in [4.69, 9.17) is 14.6 Å². The van der Waals surface area contributed by atoms with Gasteiger partial charge in [-0.15, -0.1) is 0 Å². The molecule has 0 heterocycles. The lowest BCUT2D eigenvalue weighted by atomic mass is 10.1. The molecule has 6 nitrogen and oxygen atoms in total. The van der Waals surface area contributed by atoms with Gasteiger partial charge in [0.2, 0.25) is 0 Å². The van der Waals surface area contributed by atoms with Crippen molar-refractivity contribution in [2.75, 3.05) is 14.2 Å². The van der Waals surface area contributed by atoms with Crippen LogP contribution in [-0.2, 0) is 4.79 Å². The molecular formula is C15H18BrNO5. The second-order valence-corrected chi connectivity index (χ2v) is 6.07. The number of amides is 1. The van der Waals surface area contributed by atoms with E-state index in [0.717, 1.165) is 0 Å². The quantitative estimate of drug-likeness (QED) is 0.830. The molecule has 0 unspecified atom stereocenters. The Morgan fingerprint density at radius 2 is 2.00 bits per heavy atom. The van der Waals surface area contributed by atoms with Gasteiger partial charge in [-0.1, -0.05) is 0 Å². The van der Waals surface area contributed by atoms with Crippen LogP contribution in [0.15, 0.2) is 16.6 Å². The largest absolute Gasteiger partial charge is 0.493 e. The third-order valence-electron chi connectivity index (χ3n) is 3.81. The molecule has 0 aliphatic heterocycles. The number of aliphatic carboxylic acids is 1. The van der Waals surface area contributed by atoms with Crippen LogP contribution in [0.25, 0.3) is 0 Å². The molecule has 1 aromatic rings. The Morgan fingerprint density at radius 3 is 2.55 bits per heavy atom. The number of carbonyl (C=O) groups excluding carboxylic acids is 1. The van der Waals surface area contributed by atoms with Crippen LogP contribution in [-0.4, -0.2) is 37.2 Å². The maximum atomic E-state index is 12.3. The summed E-state index contributed by atoms with van der Waals surface area (Å²) in [5.74, 6) is -0.451. The molecule has 0 spiro atoms. The van der Waals surface area contributed by atoms with Gasteiger partial charge in [0.1, 0.15) is 0 Å². The topological polar surface area (TPSA) is 84.9 Å². The predicted molar refractivity (Wildman–Crippen MR) is 83.5 cm³/mol. The molecule has 0 bridgehead atoms. The maximum Gasteiger partial charge on any atom is 0.306 e. The van der Waals surface area contributed by atoms with Crippen molar-refractivity contribution >= 4 is 27.8 Å². The monoisotopic (exact) mass is 371 g/mol. The van der Waals surface area contributed by atoms with Crippen LogP contribution in [0.2, 0.25) is 0 Å². The molecule has 22 heavy (non-hydrogen) atoms. The summed E-state index contributed by atoms with van der Waals surface area (Å²) in [5.41, 5.74) is 0.434. The van der Waals surface area contributed by atoms with E-state index in [1.54, 1.807) is 12.1 Å². The Morgan fingerprint density at radius 1 is 1.27 bits per heavy atom. The average Bonchev–Trinajstić information content (AvgIpc) is 2.94. The minimum Gasteiger partial charge on any atom is -0.493 e. The summed E-state index contributed by atoms with van der Waals surface area (Å²) in [6.07, 6.45) is 1.74. The Hall–Kier alpha value is -1.76. The van der Waals surface area contributed by atoms with E-state index >= 15 is 0 Å². The number of carboxylic acid groups (broad SMARTS) is 1. The van der Waals surface area contributed by atoms with Crippen molar-refractivity contribution in [2.24, 2.45) is 5.92 Å². The first-order valence-electron chi connectivity index (χ1n) is 6.91. The second-order valence-electron chi connectivity index (χ2n) is 5.21. The van der Waals surface area contributed by atoms with Crippen LogP contribution in [0.4, 0.5) is 0 Å². The van der Waals surface area contributed by atoms with Crippen molar-refractivity contribution in [2.45, 2.75) is 25.3 Å². The van der Waals surface area contributed by atoms with Crippen LogP contribution in [0, 0.1) is 5.92 Å². The summed E-state index contributed by atoms with van der Waals surface area (Å²) in [6.45, 7) is 0. The van der Waals surface area contributed by atoms with Crippen LogP contribution < -0.4 is 14.8 Å². The standard InChI is InChI=1S/C15H18BrNO5/c1-21-12-7-9(6-11(16)13(12)22-2)14(18)17-10-4-3-8(5-10)15(19)20/h6-8,10H,3-5H2,1-2H3,(H,17,18)(H,19,20)/t8-,10+/m0/s1. The molecule has 0 saturated heterocycles. The number of nitrogens with one attached hydrogen (secondary N) is 1. The highest BCUT2D eigenvalue weighted by atomic mass is 79.9. The van der Waals surface area contributed by atoms with E-state index < -0.39 is 5.97 Å². The number of carboxylic acids is 1. The summed E-state index contributed by atoms with van der Waals surface area (Å²) in [7, 11) is 3.02. The van der Waals surface area contributed by atoms with Crippen molar-refractivity contribution in [1.82, 2.24) is 5.32 Å². The molecule has 120 valence electrons. The van der Waals surface area contributed by atoms with E-state index in [9.17, 15) is 9.59 Å². The lowest BCUT2D eigenvalue weighted by molar-refractivity contribution is -0.141. The molecule has 0 aromatic heterocycles. The first kappa shape index (κ1) is 16.6. The number of carbonyl (C=O) groups is 2. The lowest BCUT2D eigenvalue weighted by Crippen LogP contribution is -2.33. The number of ether oxygens (including phenoxy) is 2. The van der Waals surface area contributed by atoms with Crippen LogP contribution in [0.3, 0.4) is 0 Å². The zero-order valence-corrected chi connectivity index (χ0v) is 14.0. The number of halogens is 1. The molecule has 0 radical (unpaired) electrons. The summed E-state index contributed by atoms with van der Waals surface area (Å²) in [4.78, 5) is 23.3. The van der Waals surface area contributed by atoms with Gasteiger partial charge in [0.25, 0.3) is 5.91 Å². The minimum atomic E-state index is -0.800. The van der Waals surface area contributed by atoms with Gasteiger partial charge in [-0.25, -0.2) is 0 Å². The van der Waals surface area contributed by atoms with E-state index in [1.165, 1.54) is 14.2 Å². The first-order valence-corrected chi connectivity index (χ1v) is 7.70. The van der Waals surface area contributed by atoms with E-state index in [-0.39, 0.29) is 17.9 Å². The van der Waals surface area contributed by atoms with Crippen molar-refractivity contribution in [1.29, 1.82) is 0 Å². The maximum absolute atomic E-state index is 12.3. The molecular weight excluding hydrogens is 354 g/mol. The number of hydrogen-bond acceptors (Lipinski definition) is 4. The van der Waals surface area contributed by atoms with Gasteiger partial charge in [-0.3, -0.25) is 9.59 Å². The molecule has 1 saturated carbocycles. The second kappa shape index (κ2) is 7.00. The minimum absolute atomic E-state index is 0.111. The Balaban J connectivity index is 2.10. The smallest absolute Gasteiger partial charge is 0.306 e. The number of hydrogen-bond donors (Lipinski definition) is 2. The molecule has 1 amide bonds. The summed E-state index contributed by atoms with van der Waals surface area (Å²) in [5, 5.41) is 11.9. The Kier molecular flexibility index (Phi) is 5.28. The normalized spacial score (nSPS) is 20.5. The van der Waals surface area contributed by atoms with E-state index in [1.807, 2.05) is 0 Å². The van der Waals surface area contributed by atoms with E-state index in [0.29, 0.717) is 40.8 Å². The number of benzene rings is 1. The fourth-order valence-corrected chi connectivity index (χ4v) is 3.26. The molecule has 1 aliphatic carbocycles. The van der Waals surface area contributed by atoms with Crippen molar-refractivity contribution in [3.63, 3.8) is 0 Å². The van der Waals surface area contributed by atoms with Crippen molar-refractivity contribution in [3.8, 4) is 11.5 Å². The summed E-state index contributed by atoms with van der Waals surface area (Å²) in [6, 6.07) is 3.14. The number of rotatable bonds is 5. The molecule has 1 aromatic carbocycles. The zero-order valence-electron chi connectivity index (χ0n) is 12.4. The molecule has 1 aliphatic rings. The zero-order chi connectivity index (χ0) is 16.3. The highest BCUT2D eigenvalue weighted by Gasteiger charge is 2.30. The van der Waals surface area contributed by atoms with Crippen molar-refractivity contribution in [3.05, 3.63) is 22.2 Å². The van der Waals surface area contributed by atoms with Gasteiger partial charge in [0, 0.05) is 11.6 Å².